The number of amides is 1. The van der Waals surface area contributed by atoms with E-state index in [-0.39, 0.29) is 16.7 Å². The molecule has 19 heavy (non-hydrogen) atoms. The molecule has 0 radical (unpaired) electrons. The summed E-state index contributed by atoms with van der Waals surface area (Å²) in [6.07, 6.45) is 0. The molecule has 0 aliphatic carbocycles. The van der Waals surface area contributed by atoms with Gasteiger partial charge in [-0.2, -0.15) is 0 Å². The van der Waals surface area contributed by atoms with Crippen molar-refractivity contribution in [3.63, 3.8) is 0 Å². The van der Waals surface area contributed by atoms with Crippen molar-refractivity contribution in [1.29, 1.82) is 0 Å². The molecule has 9 heteroatoms. The van der Waals surface area contributed by atoms with Gasteiger partial charge in [0.15, 0.2) is 0 Å². The first-order chi connectivity index (χ1) is 8.66. The molecule has 0 rings (SSSR count). The summed E-state index contributed by atoms with van der Waals surface area (Å²) in [7, 11) is -1.83. The molecule has 0 aromatic heterocycles. The minimum Gasteiger partial charge on any atom is -0.756 e. The number of rotatable bonds is 5. The number of hydrogen-bond donors (Lipinski definition) is 1. The number of phosphoric ester groups is 1. The van der Waals surface area contributed by atoms with Gasteiger partial charge in [0.1, 0.15) is 10.8 Å². The predicted molar refractivity (Wildman–Crippen MR) is 70.7 cm³/mol. The number of likely N-dealkylation sites (N-methyl/N-ethyl adjacent to an activating group) is 1. The molecule has 0 aromatic rings. The molecule has 0 bridgehead atoms. The molecule has 0 aromatic carbocycles. The highest BCUT2D eigenvalue weighted by Gasteiger charge is 2.15. The van der Waals surface area contributed by atoms with E-state index in [1.807, 2.05) is 13.8 Å². The van der Waals surface area contributed by atoms with Gasteiger partial charge in [-0.3, -0.25) is 9.36 Å². The zero-order chi connectivity index (χ0) is 15.6. The van der Waals surface area contributed by atoms with Crippen molar-refractivity contribution in [2.75, 3.05) is 27.3 Å². The maximum atomic E-state index is 11.3. The summed E-state index contributed by atoms with van der Waals surface area (Å²) in [4.78, 5) is 22.8. The smallest absolute Gasteiger partial charge is 0.268 e. The van der Waals surface area contributed by atoms with Crippen LogP contribution in [0.5, 0.6) is 0 Å². The molecule has 114 valence electrons. The summed E-state index contributed by atoms with van der Waals surface area (Å²) >= 11 is 5.56. The molecule has 0 atom stereocenters. The van der Waals surface area contributed by atoms with E-state index in [9.17, 15) is 14.3 Å². The van der Waals surface area contributed by atoms with E-state index in [1.54, 1.807) is 4.90 Å². The topological polar surface area (TPSA) is 99.1 Å². The van der Waals surface area contributed by atoms with Crippen LogP contribution >= 0.6 is 19.4 Å². The second-order valence-corrected chi connectivity index (χ2v) is 5.19. The molecule has 0 spiro atoms. The van der Waals surface area contributed by atoms with Crippen LogP contribution in [0.2, 0.25) is 0 Å². The molecule has 0 saturated carbocycles. The van der Waals surface area contributed by atoms with Crippen LogP contribution in [0.4, 0.5) is 0 Å². The number of allylic oxidation sites excluding steroid dienone is 1. The maximum Gasteiger partial charge on any atom is 0.268 e. The van der Waals surface area contributed by atoms with Gasteiger partial charge in [0.05, 0.1) is 0 Å². The van der Waals surface area contributed by atoms with Crippen LogP contribution in [-0.2, 0) is 18.4 Å². The summed E-state index contributed by atoms with van der Waals surface area (Å²) in [5.74, 6) is -0.449. The first-order valence-electron chi connectivity index (χ1n) is 5.43. The van der Waals surface area contributed by atoms with Crippen LogP contribution in [-0.4, -0.2) is 43.2 Å². The number of halogens is 1. The Morgan fingerprint density at radius 3 is 1.84 bits per heavy atom. The van der Waals surface area contributed by atoms with Crippen molar-refractivity contribution in [3.8, 4) is 0 Å². The quantitative estimate of drug-likeness (QED) is 0.470. The zero-order valence-corrected chi connectivity index (χ0v) is 13.3. The molecule has 0 aliphatic rings. The van der Waals surface area contributed by atoms with Crippen molar-refractivity contribution in [3.05, 3.63) is 10.8 Å². The van der Waals surface area contributed by atoms with Gasteiger partial charge in [-0.25, -0.2) is 0 Å². The van der Waals surface area contributed by atoms with Crippen LogP contribution in [0.1, 0.15) is 20.8 Å². The lowest BCUT2D eigenvalue weighted by atomic mass is 10.4. The number of hydrogen-bond acceptors (Lipinski definition) is 6. The van der Waals surface area contributed by atoms with Gasteiger partial charge in [-0.1, -0.05) is 11.6 Å². The first-order valence-corrected chi connectivity index (χ1v) is 7.27. The predicted octanol–water partition coefficient (Wildman–Crippen LogP) is 1.63. The van der Waals surface area contributed by atoms with E-state index in [4.69, 9.17) is 16.7 Å². The van der Waals surface area contributed by atoms with E-state index < -0.39 is 7.82 Å². The summed E-state index contributed by atoms with van der Waals surface area (Å²) in [5, 5.41) is 8.83. The third kappa shape index (κ3) is 9.02. The Kier molecular flexibility index (Phi) is 11.2. The van der Waals surface area contributed by atoms with Crippen LogP contribution in [0, 0.1) is 0 Å². The van der Waals surface area contributed by atoms with E-state index in [0.29, 0.717) is 13.1 Å². The lowest BCUT2D eigenvalue weighted by molar-refractivity contribution is -0.220. The normalized spacial score (nSPS) is 12.2. The second kappa shape index (κ2) is 10.2. The molecule has 7 nitrogen and oxygen atoms in total. The third-order valence-electron chi connectivity index (χ3n) is 2.00. The SMILES string of the molecule is CCN(CC)C(=O)/C(Cl)=C(\C)O.COP(=O)([O-])OC. The van der Waals surface area contributed by atoms with Crippen molar-refractivity contribution < 1.29 is 28.4 Å². The van der Waals surface area contributed by atoms with Crippen LogP contribution in [0.25, 0.3) is 0 Å². The summed E-state index contributed by atoms with van der Waals surface area (Å²) in [6, 6.07) is 0. The minimum atomic E-state index is -3.90. The number of aliphatic hydroxyl groups excluding tert-OH is 1. The van der Waals surface area contributed by atoms with Crippen LogP contribution < -0.4 is 4.89 Å². The van der Waals surface area contributed by atoms with Gasteiger partial charge in [0.25, 0.3) is 13.7 Å². The number of nitrogens with zero attached hydrogens (tertiary/aromatic N) is 1. The molecule has 0 unspecified atom stereocenters. The molecule has 0 aliphatic heterocycles. The number of carbonyl (C=O) groups excluding carboxylic acids is 1. The lowest BCUT2D eigenvalue weighted by Gasteiger charge is -2.17. The Bertz CT molecular complexity index is 344. The van der Waals surface area contributed by atoms with Gasteiger partial charge < -0.3 is 23.9 Å². The van der Waals surface area contributed by atoms with Crippen molar-refractivity contribution in [2.24, 2.45) is 0 Å². The number of carbonyl (C=O) groups is 1. The Hall–Kier alpha value is -0.590. The molecule has 0 fully saturated rings. The van der Waals surface area contributed by atoms with Gasteiger partial charge in [0, 0.05) is 27.3 Å². The molecular formula is C10H20ClNO6P-. The van der Waals surface area contributed by atoms with E-state index in [0.717, 1.165) is 14.2 Å². The monoisotopic (exact) mass is 316 g/mol. The van der Waals surface area contributed by atoms with Gasteiger partial charge in [-0.05, 0) is 20.8 Å². The van der Waals surface area contributed by atoms with E-state index >= 15 is 0 Å². The Labute approximate surface area is 118 Å². The Morgan fingerprint density at radius 1 is 1.32 bits per heavy atom. The number of phosphoric acid groups is 1. The third-order valence-corrected chi connectivity index (χ3v) is 3.33. The molecule has 1 amide bonds. The van der Waals surface area contributed by atoms with Crippen molar-refractivity contribution >= 4 is 25.3 Å². The molecular weight excluding hydrogens is 297 g/mol. The molecule has 1 N–H and O–H groups in total. The Balaban J connectivity index is 0. The van der Waals surface area contributed by atoms with Gasteiger partial charge in [-0.15, -0.1) is 0 Å². The van der Waals surface area contributed by atoms with E-state index in [1.165, 1.54) is 6.92 Å². The molecule has 0 heterocycles. The first kappa shape index (κ1) is 20.7. The van der Waals surface area contributed by atoms with Gasteiger partial charge >= 0.3 is 0 Å². The van der Waals surface area contributed by atoms with Gasteiger partial charge in [0.2, 0.25) is 0 Å². The van der Waals surface area contributed by atoms with Crippen LogP contribution in [0.15, 0.2) is 10.8 Å². The van der Waals surface area contributed by atoms with E-state index in [2.05, 4.69) is 9.05 Å². The van der Waals surface area contributed by atoms with Crippen LogP contribution in [0.3, 0.4) is 0 Å². The zero-order valence-electron chi connectivity index (χ0n) is 11.7. The summed E-state index contributed by atoms with van der Waals surface area (Å²) < 4.78 is 17.7. The highest BCUT2D eigenvalue weighted by Crippen LogP contribution is 2.34. The average molecular weight is 317 g/mol. The fourth-order valence-corrected chi connectivity index (χ4v) is 1.15. The highest BCUT2D eigenvalue weighted by molar-refractivity contribution is 7.45. The summed E-state index contributed by atoms with van der Waals surface area (Å²) in [6.45, 7) is 6.30. The fraction of sp³-hybridized carbons (Fsp3) is 0.700. The minimum absolute atomic E-state index is 0.0984. The van der Waals surface area contributed by atoms with Crippen molar-refractivity contribution in [2.45, 2.75) is 20.8 Å². The number of aliphatic hydroxyl groups is 1. The highest BCUT2D eigenvalue weighted by atomic mass is 35.5. The Morgan fingerprint density at radius 2 is 1.68 bits per heavy atom. The molecule has 0 saturated heterocycles. The summed E-state index contributed by atoms with van der Waals surface area (Å²) in [5.41, 5.74) is 0. The second-order valence-electron chi connectivity index (χ2n) is 3.19. The average Bonchev–Trinajstić information content (AvgIpc) is 2.39. The standard InChI is InChI=1S/C8H14ClNO2.C2H7O4P/c1-4-10(5-2)8(12)7(9)6(3)11;1-5-7(3,4)6-2/h11H,4-5H2,1-3H3;1-2H3,(H,3,4)/p-1/b7-6-;. The lowest BCUT2D eigenvalue weighted by Crippen LogP contribution is -2.30. The maximum absolute atomic E-state index is 11.3. The fourth-order valence-electron chi connectivity index (χ4n) is 0.879. The van der Waals surface area contributed by atoms with Crippen molar-refractivity contribution in [1.82, 2.24) is 4.90 Å². The largest absolute Gasteiger partial charge is 0.756 e.